The number of carbonyl (C=O) groups excluding carboxylic acids is 1. The Labute approximate surface area is 182 Å². The lowest BCUT2D eigenvalue weighted by molar-refractivity contribution is -0.121. The summed E-state index contributed by atoms with van der Waals surface area (Å²) < 4.78 is 2.76. The molecule has 2 aromatic carbocycles. The fraction of sp³-hybridized carbons (Fsp3) is 0.143. The molecule has 7 heteroatoms. The molecule has 1 aliphatic heterocycles. The van der Waals surface area contributed by atoms with Gasteiger partial charge in [0.1, 0.15) is 4.32 Å². The van der Waals surface area contributed by atoms with E-state index < -0.39 is 0 Å². The van der Waals surface area contributed by atoms with Gasteiger partial charge in [-0.25, -0.2) is 0 Å². The van der Waals surface area contributed by atoms with Gasteiger partial charge in [-0.05, 0) is 36.8 Å². The molecule has 1 amide bonds. The van der Waals surface area contributed by atoms with Gasteiger partial charge in [0.15, 0.2) is 0 Å². The van der Waals surface area contributed by atoms with Crippen molar-refractivity contribution < 1.29 is 4.79 Å². The first-order valence-corrected chi connectivity index (χ1v) is 10.7. The van der Waals surface area contributed by atoms with Gasteiger partial charge in [-0.2, -0.15) is 0 Å². The zero-order chi connectivity index (χ0) is 19.8. The number of rotatable bonds is 4. The second-order valence-electron chi connectivity index (χ2n) is 6.40. The monoisotopic (exact) mass is 446 g/mol. The molecule has 0 N–H and O–H groups in total. The third-order valence-electron chi connectivity index (χ3n) is 4.63. The van der Waals surface area contributed by atoms with Crippen molar-refractivity contribution in [2.24, 2.45) is 0 Å². The molecule has 0 radical (unpaired) electrons. The number of para-hydroxylation sites is 1. The van der Waals surface area contributed by atoms with Crippen molar-refractivity contribution in [3.8, 4) is 0 Å². The second-order valence-corrected chi connectivity index (χ2v) is 8.89. The third-order valence-corrected chi connectivity index (χ3v) is 6.75. The zero-order valence-corrected chi connectivity index (χ0v) is 18.1. The normalized spacial score (nSPS) is 16.0. The molecule has 1 fully saturated rings. The Bertz CT molecular complexity index is 1140. The maximum atomic E-state index is 12.6. The van der Waals surface area contributed by atoms with Crippen LogP contribution in [0.4, 0.5) is 0 Å². The fourth-order valence-electron chi connectivity index (χ4n) is 3.27. The summed E-state index contributed by atoms with van der Waals surface area (Å²) in [6.45, 7) is 3.17. The molecule has 0 spiro atoms. The summed E-state index contributed by atoms with van der Waals surface area (Å²) in [7, 11) is 0. The molecule has 0 aliphatic carbocycles. The number of aromatic nitrogens is 1. The molecular formula is C21H16Cl2N2OS2. The first kappa shape index (κ1) is 19.5. The summed E-state index contributed by atoms with van der Waals surface area (Å²) in [6, 6.07) is 13.8. The van der Waals surface area contributed by atoms with Gasteiger partial charge in [-0.3, -0.25) is 9.69 Å². The number of fused-ring (bicyclic) bond motifs is 1. The van der Waals surface area contributed by atoms with Crippen LogP contribution < -0.4 is 0 Å². The highest BCUT2D eigenvalue weighted by Gasteiger charge is 2.30. The van der Waals surface area contributed by atoms with E-state index in [0.717, 1.165) is 22.0 Å². The van der Waals surface area contributed by atoms with Crippen LogP contribution in [0.3, 0.4) is 0 Å². The molecule has 1 aromatic heterocycles. The quantitative estimate of drug-likeness (QED) is 0.351. The van der Waals surface area contributed by atoms with Crippen LogP contribution in [0.5, 0.6) is 0 Å². The number of hydrogen-bond acceptors (Lipinski definition) is 3. The second kappa shape index (κ2) is 7.91. The van der Waals surface area contributed by atoms with Crippen LogP contribution in [0.15, 0.2) is 53.6 Å². The van der Waals surface area contributed by atoms with E-state index in [2.05, 4.69) is 22.9 Å². The molecule has 1 aliphatic rings. The molecule has 2 heterocycles. The standard InChI is InChI=1S/C21H16Cl2N2OS2/c1-2-25-20(26)19(28-21(25)27)10-14-12-24(18-6-4-3-5-15(14)18)11-13-7-8-16(22)17(23)9-13/h3-10,12H,2,11H2,1H3. The summed E-state index contributed by atoms with van der Waals surface area (Å²) in [5, 5.41) is 2.17. The average molecular weight is 447 g/mol. The van der Waals surface area contributed by atoms with E-state index in [1.807, 2.05) is 43.3 Å². The Morgan fingerprint density at radius 3 is 2.64 bits per heavy atom. The Morgan fingerprint density at radius 1 is 1.14 bits per heavy atom. The van der Waals surface area contributed by atoms with Crippen LogP contribution in [-0.2, 0) is 11.3 Å². The summed E-state index contributed by atoms with van der Waals surface area (Å²) >= 11 is 18.9. The predicted molar refractivity (Wildman–Crippen MR) is 123 cm³/mol. The zero-order valence-electron chi connectivity index (χ0n) is 15.0. The highest BCUT2D eigenvalue weighted by Crippen LogP contribution is 2.34. The fourth-order valence-corrected chi connectivity index (χ4v) is 4.97. The maximum Gasteiger partial charge on any atom is 0.266 e. The van der Waals surface area contributed by atoms with Gasteiger partial charge < -0.3 is 4.57 Å². The largest absolute Gasteiger partial charge is 0.342 e. The lowest BCUT2D eigenvalue weighted by Gasteiger charge is -2.09. The number of likely N-dealkylation sites (N-methyl/N-ethyl adjacent to an activating group) is 1. The van der Waals surface area contributed by atoms with E-state index >= 15 is 0 Å². The van der Waals surface area contributed by atoms with Gasteiger partial charge in [-0.1, -0.05) is 71.4 Å². The number of halogens is 2. The van der Waals surface area contributed by atoms with E-state index in [9.17, 15) is 4.79 Å². The molecule has 4 rings (SSSR count). The Balaban J connectivity index is 1.75. The first-order valence-electron chi connectivity index (χ1n) is 8.75. The number of thioether (sulfide) groups is 1. The third kappa shape index (κ3) is 3.60. The summed E-state index contributed by atoms with van der Waals surface area (Å²) in [4.78, 5) is 14.9. The number of hydrogen-bond donors (Lipinski definition) is 0. The molecule has 0 unspecified atom stereocenters. The molecule has 3 nitrogen and oxygen atoms in total. The van der Waals surface area contributed by atoms with Crippen LogP contribution in [0.1, 0.15) is 18.1 Å². The van der Waals surface area contributed by atoms with Gasteiger partial charge in [0.05, 0.1) is 15.0 Å². The summed E-state index contributed by atoms with van der Waals surface area (Å²) in [6.07, 6.45) is 3.99. The topological polar surface area (TPSA) is 25.2 Å². The van der Waals surface area contributed by atoms with Crippen LogP contribution in [0, 0.1) is 0 Å². The minimum Gasteiger partial charge on any atom is -0.342 e. The van der Waals surface area contributed by atoms with Crippen molar-refractivity contribution >= 4 is 74.4 Å². The van der Waals surface area contributed by atoms with Crippen molar-refractivity contribution in [3.05, 3.63) is 74.7 Å². The van der Waals surface area contributed by atoms with Gasteiger partial charge in [0.2, 0.25) is 0 Å². The van der Waals surface area contributed by atoms with Crippen LogP contribution in [-0.4, -0.2) is 26.2 Å². The summed E-state index contributed by atoms with van der Waals surface area (Å²) in [5.41, 5.74) is 3.14. The van der Waals surface area contributed by atoms with Gasteiger partial charge >= 0.3 is 0 Å². The summed E-state index contributed by atoms with van der Waals surface area (Å²) in [5.74, 6) is -0.0289. The molecular weight excluding hydrogens is 431 g/mol. The van der Waals surface area contributed by atoms with E-state index in [-0.39, 0.29) is 5.91 Å². The van der Waals surface area contributed by atoms with Gasteiger partial charge in [-0.15, -0.1) is 0 Å². The molecule has 1 saturated heterocycles. The highest BCUT2D eigenvalue weighted by molar-refractivity contribution is 8.26. The predicted octanol–water partition coefficient (Wildman–Crippen LogP) is 6.22. The SMILES string of the molecule is CCN1C(=O)C(=Cc2cn(Cc3ccc(Cl)c(Cl)c3)c3ccccc23)SC1=S. The molecule has 0 saturated carbocycles. The van der Waals surface area contributed by atoms with Crippen molar-refractivity contribution in [1.82, 2.24) is 9.47 Å². The van der Waals surface area contributed by atoms with Gasteiger partial charge in [0, 0.05) is 35.8 Å². The lowest BCUT2D eigenvalue weighted by atomic mass is 10.1. The average Bonchev–Trinajstić information content (AvgIpc) is 3.15. The Morgan fingerprint density at radius 2 is 1.93 bits per heavy atom. The van der Waals surface area contributed by atoms with Crippen LogP contribution in [0.2, 0.25) is 10.0 Å². The Kier molecular flexibility index (Phi) is 5.52. The first-order chi connectivity index (χ1) is 13.5. The van der Waals surface area contributed by atoms with Crippen molar-refractivity contribution in [2.45, 2.75) is 13.5 Å². The molecule has 28 heavy (non-hydrogen) atoms. The van der Waals surface area contributed by atoms with E-state index in [1.54, 1.807) is 4.90 Å². The highest BCUT2D eigenvalue weighted by atomic mass is 35.5. The molecule has 142 valence electrons. The lowest BCUT2D eigenvalue weighted by Crippen LogP contribution is -2.27. The smallest absolute Gasteiger partial charge is 0.266 e. The number of thiocarbonyl (C=S) groups is 1. The van der Waals surface area contributed by atoms with Crippen LogP contribution in [0.25, 0.3) is 17.0 Å². The molecule has 0 atom stereocenters. The Hall–Kier alpha value is -1.79. The minimum absolute atomic E-state index is 0.0289. The van der Waals surface area contributed by atoms with Crippen molar-refractivity contribution in [1.29, 1.82) is 0 Å². The number of nitrogens with zero attached hydrogens (tertiary/aromatic N) is 2. The number of amides is 1. The minimum atomic E-state index is -0.0289. The molecule has 3 aromatic rings. The van der Waals surface area contributed by atoms with Crippen LogP contribution >= 0.6 is 47.2 Å². The van der Waals surface area contributed by atoms with Gasteiger partial charge in [0.25, 0.3) is 5.91 Å². The van der Waals surface area contributed by atoms with E-state index in [0.29, 0.717) is 32.4 Å². The van der Waals surface area contributed by atoms with E-state index in [1.165, 1.54) is 11.8 Å². The number of carbonyl (C=O) groups is 1. The molecule has 0 bridgehead atoms. The van der Waals surface area contributed by atoms with E-state index in [4.69, 9.17) is 35.4 Å². The maximum absolute atomic E-state index is 12.6. The van der Waals surface area contributed by atoms with Crippen molar-refractivity contribution in [2.75, 3.05) is 6.54 Å². The van der Waals surface area contributed by atoms with Crippen molar-refractivity contribution in [3.63, 3.8) is 0 Å². The number of benzene rings is 2.